The Bertz CT molecular complexity index is 912. The van der Waals surface area contributed by atoms with Gasteiger partial charge in [0.25, 0.3) is 0 Å². The molecule has 0 bridgehead atoms. The van der Waals surface area contributed by atoms with E-state index in [0.717, 1.165) is 0 Å². The largest absolute Gasteiger partial charge is 0.463 e. The Kier molecular flexibility index (Phi) is 3.48. The van der Waals surface area contributed by atoms with Crippen molar-refractivity contribution in [3.05, 3.63) is 46.6 Å². The van der Waals surface area contributed by atoms with Gasteiger partial charge in [-0.1, -0.05) is 0 Å². The predicted molar refractivity (Wildman–Crippen MR) is 77.4 cm³/mol. The summed E-state index contributed by atoms with van der Waals surface area (Å²) in [5, 5.41) is 6.56. The highest BCUT2D eigenvalue weighted by molar-refractivity contribution is 5.87. The van der Waals surface area contributed by atoms with Crippen molar-refractivity contribution >= 4 is 29.1 Å². The fourth-order valence-corrected chi connectivity index (χ4v) is 1.83. The second kappa shape index (κ2) is 5.60. The summed E-state index contributed by atoms with van der Waals surface area (Å²) in [5.41, 5.74) is 0.337. The molecule has 0 saturated heterocycles. The number of H-pyrrole nitrogens is 1. The fraction of sp³-hybridized carbons (Fsp3) is 0.0714. The Balaban J connectivity index is 1.99. The summed E-state index contributed by atoms with van der Waals surface area (Å²) >= 11 is 0. The maximum Gasteiger partial charge on any atom is 0.308 e. The van der Waals surface area contributed by atoms with Gasteiger partial charge >= 0.3 is 5.97 Å². The number of nitrogens with one attached hydrogen (secondary N) is 1. The molecule has 0 aliphatic heterocycles. The number of fused-ring (bicyclic) bond motifs is 1. The second-order valence-electron chi connectivity index (χ2n) is 4.34. The molecule has 0 atom stereocenters. The van der Waals surface area contributed by atoms with Gasteiger partial charge in [0, 0.05) is 19.2 Å². The Labute approximate surface area is 123 Å². The number of rotatable bonds is 3. The zero-order valence-corrected chi connectivity index (χ0v) is 11.4. The average molecular weight is 298 g/mol. The van der Waals surface area contributed by atoms with Gasteiger partial charge in [-0.2, -0.15) is 10.1 Å². The van der Waals surface area contributed by atoms with Crippen molar-refractivity contribution in [2.24, 2.45) is 4.99 Å². The van der Waals surface area contributed by atoms with Gasteiger partial charge in [-0.05, 0) is 12.1 Å². The van der Waals surface area contributed by atoms with Gasteiger partial charge in [-0.3, -0.25) is 9.59 Å². The van der Waals surface area contributed by atoms with Crippen molar-refractivity contribution in [2.75, 3.05) is 0 Å². The first-order valence-corrected chi connectivity index (χ1v) is 6.27. The number of aromatic nitrogens is 3. The molecular formula is C14H10N4O4. The third kappa shape index (κ3) is 2.75. The van der Waals surface area contributed by atoms with E-state index in [2.05, 4.69) is 20.2 Å². The first kappa shape index (κ1) is 13.7. The SMILES string of the molecule is CC(=O)Oc1ccc2c(=O)c(C=Nc3ncn[nH]3)coc2c1. The highest BCUT2D eigenvalue weighted by atomic mass is 16.5. The first-order valence-electron chi connectivity index (χ1n) is 6.27. The Morgan fingerprint density at radius 1 is 1.45 bits per heavy atom. The molecule has 3 aromatic rings. The minimum atomic E-state index is -0.447. The van der Waals surface area contributed by atoms with E-state index in [-0.39, 0.29) is 16.9 Å². The van der Waals surface area contributed by atoms with Crippen LogP contribution in [0.25, 0.3) is 11.0 Å². The maximum atomic E-state index is 12.3. The molecular weight excluding hydrogens is 288 g/mol. The molecule has 3 rings (SSSR count). The predicted octanol–water partition coefficient (Wildman–Crippen LogP) is 1.59. The molecule has 1 aromatic carbocycles. The van der Waals surface area contributed by atoms with Gasteiger partial charge in [0.15, 0.2) is 0 Å². The van der Waals surface area contributed by atoms with E-state index in [4.69, 9.17) is 9.15 Å². The Morgan fingerprint density at radius 2 is 2.32 bits per heavy atom. The monoisotopic (exact) mass is 298 g/mol. The lowest BCUT2D eigenvalue weighted by Gasteiger charge is -2.02. The Morgan fingerprint density at radius 3 is 3.05 bits per heavy atom. The number of carbonyl (C=O) groups excluding carboxylic acids is 1. The smallest absolute Gasteiger partial charge is 0.308 e. The van der Waals surface area contributed by atoms with Gasteiger partial charge in [0.1, 0.15) is 23.9 Å². The third-order valence-corrected chi connectivity index (χ3v) is 2.76. The van der Waals surface area contributed by atoms with Crippen LogP contribution >= 0.6 is 0 Å². The van der Waals surface area contributed by atoms with Crippen LogP contribution in [0, 0.1) is 0 Å². The van der Waals surface area contributed by atoms with Crippen LogP contribution in [0.15, 0.2) is 45.0 Å². The lowest BCUT2D eigenvalue weighted by molar-refractivity contribution is -0.131. The summed E-state index contributed by atoms with van der Waals surface area (Å²) < 4.78 is 10.3. The van der Waals surface area contributed by atoms with Crippen LogP contribution in [-0.4, -0.2) is 27.4 Å². The van der Waals surface area contributed by atoms with Crippen LogP contribution in [0.4, 0.5) is 5.95 Å². The zero-order chi connectivity index (χ0) is 15.5. The first-order chi connectivity index (χ1) is 10.6. The van der Waals surface area contributed by atoms with E-state index in [1.807, 2.05) is 0 Å². The molecule has 0 amide bonds. The van der Waals surface area contributed by atoms with Gasteiger partial charge in [0.2, 0.25) is 11.4 Å². The second-order valence-corrected chi connectivity index (χ2v) is 4.34. The summed E-state index contributed by atoms with van der Waals surface area (Å²) in [4.78, 5) is 31.0. The summed E-state index contributed by atoms with van der Waals surface area (Å²) in [5.74, 6) is 0.147. The van der Waals surface area contributed by atoms with Crippen molar-refractivity contribution in [3.63, 3.8) is 0 Å². The van der Waals surface area contributed by atoms with Crippen molar-refractivity contribution in [1.29, 1.82) is 0 Å². The summed E-state index contributed by atoms with van der Waals surface area (Å²) in [6.07, 6.45) is 3.93. The number of nitrogens with zero attached hydrogens (tertiary/aromatic N) is 3. The molecule has 0 fully saturated rings. The van der Waals surface area contributed by atoms with Gasteiger partial charge < -0.3 is 9.15 Å². The van der Waals surface area contributed by atoms with Gasteiger partial charge in [-0.15, -0.1) is 0 Å². The van der Waals surface area contributed by atoms with Crippen molar-refractivity contribution < 1.29 is 13.9 Å². The number of aromatic amines is 1. The van der Waals surface area contributed by atoms with Crippen molar-refractivity contribution in [2.45, 2.75) is 6.92 Å². The van der Waals surface area contributed by atoms with Crippen molar-refractivity contribution in [3.8, 4) is 5.75 Å². The summed E-state index contributed by atoms with van der Waals surface area (Å²) in [6.45, 7) is 1.30. The van der Waals surface area contributed by atoms with Crippen LogP contribution in [0.2, 0.25) is 0 Å². The molecule has 2 heterocycles. The number of esters is 1. The van der Waals surface area contributed by atoms with E-state index < -0.39 is 5.97 Å². The van der Waals surface area contributed by atoms with Crippen LogP contribution in [0.1, 0.15) is 12.5 Å². The normalized spacial score (nSPS) is 11.1. The molecule has 2 aromatic heterocycles. The lowest BCUT2D eigenvalue weighted by atomic mass is 10.2. The van der Waals surface area contributed by atoms with Crippen LogP contribution in [0.5, 0.6) is 5.75 Å². The van der Waals surface area contributed by atoms with Crippen LogP contribution in [-0.2, 0) is 4.79 Å². The quantitative estimate of drug-likeness (QED) is 0.446. The highest BCUT2D eigenvalue weighted by Gasteiger charge is 2.08. The molecule has 0 saturated carbocycles. The molecule has 1 N–H and O–H groups in total. The molecule has 0 spiro atoms. The van der Waals surface area contributed by atoms with Gasteiger partial charge in [-0.25, -0.2) is 10.1 Å². The molecule has 0 aliphatic carbocycles. The zero-order valence-electron chi connectivity index (χ0n) is 11.4. The van der Waals surface area contributed by atoms with E-state index >= 15 is 0 Å². The molecule has 0 radical (unpaired) electrons. The molecule has 0 aliphatic rings. The minimum Gasteiger partial charge on any atom is -0.463 e. The third-order valence-electron chi connectivity index (χ3n) is 2.76. The van der Waals surface area contributed by atoms with Crippen molar-refractivity contribution in [1.82, 2.24) is 15.2 Å². The molecule has 0 unspecified atom stereocenters. The van der Waals surface area contributed by atoms with E-state index in [0.29, 0.717) is 16.7 Å². The summed E-state index contributed by atoms with van der Waals surface area (Å²) in [6, 6.07) is 4.54. The van der Waals surface area contributed by atoms with Crippen LogP contribution in [0.3, 0.4) is 0 Å². The number of benzene rings is 1. The summed E-state index contributed by atoms with van der Waals surface area (Å²) in [7, 11) is 0. The number of hydrogen-bond acceptors (Lipinski definition) is 7. The number of aliphatic imine (C=N–C) groups is 1. The standard InChI is InChI=1S/C14H10N4O4/c1-8(19)22-10-2-3-11-12(4-10)21-6-9(13(11)20)5-15-14-16-7-17-18-14/h2-7H,1H3,(H,16,17,18). The average Bonchev–Trinajstić information content (AvgIpc) is 2.99. The highest BCUT2D eigenvalue weighted by Crippen LogP contribution is 2.19. The lowest BCUT2D eigenvalue weighted by Crippen LogP contribution is -2.08. The Hall–Kier alpha value is -3.29. The van der Waals surface area contributed by atoms with E-state index in [1.54, 1.807) is 0 Å². The minimum absolute atomic E-state index is 0.251. The topological polar surface area (TPSA) is 110 Å². The number of carbonyl (C=O) groups is 1. The van der Waals surface area contributed by atoms with Gasteiger partial charge in [0.05, 0.1) is 10.9 Å². The van der Waals surface area contributed by atoms with E-state index in [1.165, 1.54) is 43.9 Å². The molecule has 110 valence electrons. The van der Waals surface area contributed by atoms with E-state index in [9.17, 15) is 9.59 Å². The van der Waals surface area contributed by atoms with Crippen LogP contribution < -0.4 is 10.2 Å². The number of ether oxygens (including phenoxy) is 1. The fourth-order valence-electron chi connectivity index (χ4n) is 1.83. The number of hydrogen-bond donors (Lipinski definition) is 1. The molecule has 22 heavy (non-hydrogen) atoms. The maximum absolute atomic E-state index is 12.3. The molecule has 8 nitrogen and oxygen atoms in total. The molecule has 8 heteroatoms.